The molecule has 0 saturated carbocycles. The van der Waals surface area contributed by atoms with Crippen LogP contribution >= 0.6 is 0 Å². The summed E-state index contributed by atoms with van der Waals surface area (Å²) in [5.74, 6) is 1.13. The number of benzene rings is 1. The molecule has 28 heavy (non-hydrogen) atoms. The minimum atomic E-state index is -0.555. The average Bonchev–Trinajstić information content (AvgIpc) is 3.10. The fourth-order valence-corrected chi connectivity index (χ4v) is 2.64. The first-order chi connectivity index (χ1) is 13.3. The smallest absolute Gasteiger partial charge is 0.264 e. The van der Waals surface area contributed by atoms with Crippen molar-refractivity contribution in [2.45, 2.75) is 40.2 Å². The zero-order chi connectivity index (χ0) is 20.3. The lowest BCUT2D eigenvalue weighted by molar-refractivity contribution is 0.0930. The van der Waals surface area contributed by atoms with Crippen molar-refractivity contribution >= 4 is 5.91 Å². The van der Waals surface area contributed by atoms with E-state index >= 15 is 0 Å². The Bertz CT molecular complexity index is 1020. The van der Waals surface area contributed by atoms with Crippen LogP contribution in [0.25, 0.3) is 11.4 Å². The number of H-pyrrole nitrogens is 1. The summed E-state index contributed by atoms with van der Waals surface area (Å²) >= 11 is 0. The van der Waals surface area contributed by atoms with Gasteiger partial charge in [-0.1, -0.05) is 48.8 Å². The van der Waals surface area contributed by atoms with Crippen molar-refractivity contribution in [1.82, 2.24) is 25.4 Å². The molecular formula is C20H23N5O3. The van der Waals surface area contributed by atoms with Crippen LogP contribution in [-0.4, -0.2) is 26.0 Å². The zero-order valence-electron chi connectivity index (χ0n) is 16.3. The zero-order valence-corrected chi connectivity index (χ0v) is 16.3. The lowest BCUT2D eigenvalue weighted by Gasteiger charge is -2.09. The van der Waals surface area contributed by atoms with E-state index in [0.717, 1.165) is 11.1 Å². The van der Waals surface area contributed by atoms with E-state index in [1.807, 2.05) is 31.2 Å². The summed E-state index contributed by atoms with van der Waals surface area (Å²) in [5.41, 5.74) is 1.28. The van der Waals surface area contributed by atoms with Crippen molar-refractivity contribution in [3.8, 4) is 11.4 Å². The van der Waals surface area contributed by atoms with Gasteiger partial charge in [0, 0.05) is 18.2 Å². The van der Waals surface area contributed by atoms with Gasteiger partial charge >= 0.3 is 0 Å². The van der Waals surface area contributed by atoms with Gasteiger partial charge in [-0.2, -0.15) is 4.98 Å². The topological polar surface area (TPSA) is 114 Å². The van der Waals surface area contributed by atoms with E-state index < -0.39 is 17.5 Å². The van der Waals surface area contributed by atoms with E-state index in [-0.39, 0.29) is 5.56 Å². The average molecular weight is 381 g/mol. The van der Waals surface area contributed by atoms with Gasteiger partial charge in [0.05, 0.1) is 0 Å². The highest BCUT2D eigenvalue weighted by Gasteiger charge is 2.20. The van der Waals surface area contributed by atoms with Gasteiger partial charge in [-0.3, -0.25) is 9.59 Å². The van der Waals surface area contributed by atoms with Crippen LogP contribution in [0, 0.1) is 12.8 Å². The van der Waals surface area contributed by atoms with Crippen molar-refractivity contribution in [2.24, 2.45) is 5.92 Å². The van der Waals surface area contributed by atoms with E-state index in [9.17, 15) is 9.59 Å². The molecule has 8 heteroatoms. The van der Waals surface area contributed by atoms with Crippen molar-refractivity contribution in [3.63, 3.8) is 0 Å². The number of aryl methyl sites for hydroxylation is 1. The van der Waals surface area contributed by atoms with Gasteiger partial charge in [-0.15, -0.1) is 0 Å². The first kappa shape index (κ1) is 19.5. The predicted octanol–water partition coefficient (Wildman–Crippen LogP) is 2.82. The number of carbonyl (C=O) groups excluding carboxylic acids is 1. The minimum Gasteiger partial charge on any atom is -0.340 e. The normalized spacial score (nSPS) is 12.2. The van der Waals surface area contributed by atoms with Gasteiger partial charge in [-0.05, 0) is 19.8 Å². The van der Waals surface area contributed by atoms with Crippen LogP contribution in [0.4, 0.5) is 0 Å². The molecule has 1 amide bonds. The Morgan fingerprint density at radius 3 is 2.57 bits per heavy atom. The number of amides is 1. The maximum absolute atomic E-state index is 12.5. The molecule has 0 aliphatic rings. The fourth-order valence-electron chi connectivity index (χ4n) is 2.64. The second kappa shape index (κ2) is 8.16. The number of carbonyl (C=O) groups is 1. The van der Waals surface area contributed by atoms with Crippen molar-refractivity contribution in [2.75, 3.05) is 0 Å². The summed E-state index contributed by atoms with van der Waals surface area (Å²) < 4.78 is 5.20. The molecule has 2 heterocycles. The van der Waals surface area contributed by atoms with Gasteiger partial charge in [0.15, 0.2) is 5.82 Å². The Hall–Kier alpha value is -3.29. The van der Waals surface area contributed by atoms with Crippen LogP contribution < -0.4 is 10.9 Å². The molecule has 0 aliphatic heterocycles. The Morgan fingerprint density at radius 1 is 1.21 bits per heavy atom. The Labute approximate surface area is 162 Å². The second-order valence-corrected chi connectivity index (χ2v) is 7.18. The highest BCUT2D eigenvalue weighted by atomic mass is 16.5. The summed E-state index contributed by atoms with van der Waals surface area (Å²) in [7, 11) is 0. The molecule has 0 saturated heterocycles. The number of rotatable bonds is 6. The molecule has 0 radical (unpaired) electrons. The second-order valence-electron chi connectivity index (χ2n) is 7.18. The van der Waals surface area contributed by atoms with Crippen LogP contribution in [0.2, 0.25) is 0 Å². The monoisotopic (exact) mass is 381 g/mol. The fraction of sp³-hybridized carbons (Fsp3) is 0.350. The number of hydrogen-bond acceptors (Lipinski definition) is 6. The van der Waals surface area contributed by atoms with Gasteiger partial charge in [0.25, 0.3) is 11.5 Å². The van der Waals surface area contributed by atoms with Crippen LogP contribution in [0.3, 0.4) is 0 Å². The number of aromatic nitrogens is 4. The van der Waals surface area contributed by atoms with E-state index in [2.05, 4.69) is 39.3 Å². The molecule has 0 fully saturated rings. The SMILES string of the molecule is Cc1ccc(-c2ncc(C(=O)N[C@H](C)c3nc(CC(C)C)no3)c(=O)[nH]2)cc1. The van der Waals surface area contributed by atoms with Crippen molar-refractivity contribution in [3.05, 3.63) is 63.7 Å². The standard InChI is InChI=1S/C20H23N5O3/c1-11(2)9-16-23-20(28-25-16)13(4)22-18(26)15-10-21-17(24-19(15)27)14-7-5-12(3)6-8-14/h5-8,10-11,13H,9H2,1-4H3,(H,22,26)(H,21,24,27)/t13-/m1/s1. The van der Waals surface area contributed by atoms with Gasteiger partial charge in [0.1, 0.15) is 17.4 Å². The maximum Gasteiger partial charge on any atom is 0.264 e. The molecule has 0 aliphatic carbocycles. The lowest BCUT2D eigenvalue weighted by atomic mass is 10.1. The molecule has 0 unspecified atom stereocenters. The van der Waals surface area contributed by atoms with E-state index in [4.69, 9.17) is 4.52 Å². The van der Waals surface area contributed by atoms with E-state index in [1.165, 1.54) is 6.20 Å². The molecule has 3 aromatic rings. The highest BCUT2D eigenvalue weighted by Crippen LogP contribution is 2.15. The Balaban J connectivity index is 1.72. The molecule has 3 rings (SSSR count). The molecule has 2 aromatic heterocycles. The lowest BCUT2D eigenvalue weighted by Crippen LogP contribution is -2.32. The quantitative estimate of drug-likeness (QED) is 0.679. The minimum absolute atomic E-state index is 0.0790. The molecule has 2 N–H and O–H groups in total. The molecule has 0 bridgehead atoms. The first-order valence-electron chi connectivity index (χ1n) is 9.13. The Morgan fingerprint density at radius 2 is 1.93 bits per heavy atom. The van der Waals surface area contributed by atoms with E-state index in [1.54, 1.807) is 6.92 Å². The Kier molecular flexibility index (Phi) is 5.67. The molecule has 0 spiro atoms. The van der Waals surface area contributed by atoms with Gasteiger partial charge < -0.3 is 14.8 Å². The van der Waals surface area contributed by atoms with Gasteiger partial charge in [-0.25, -0.2) is 4.98 Å². The summed E-state index contributed by atoms with van der Waals surface area (Å²) in [6, 6.07) is 7.04. The van der Waals surface area contributed by atoms with Crippen molar-refractivity contribution < 1.29 is 9.32 Å². The molecule has 146 valence electrons. The summed E-state index contributed by atoms with van der Waals surface area (Å²) in [6.07, 6.45) is 1.96. The van der Waals surface area contributed by atoms with Crippen LogP contribution in [-0.2, 0) is 6.42 Å². The number of nitrogens with zero attached hydrogens (tertiary/aromatic N) is 3. The summed E-state index contributed by atoms with van der Waals surface area (Å²) in [4.78, 5) is 36.0. The largest absolute Gasteiger partial charge is 0.340 e. The molecule has 8 nitrogen and oxygen atoms in total. The number of hydrogen-bond donors (Lipinski definition) is 2. The summed E-state index contributed by atoms with van der Waals surface area (Å²) in [6.45, 7) is 7.80. The molecular weight excluding hydrogens is 358 g/mol. The number of aromatic amines is 1. The van der Waals surface area contributed by atoms with Crippen LogP contribution in [0.1, 0.15) is 54.4 Å². The van der Waals surface area contributed by atoms with E-state index in [0.29, 0.717) is 29.9 Å². The molecule has 1 aromatic carbocycles. The maximum atomic E-state index is 12.5. The first-order valence-corrected chi connectivity index (χ1v) is 9.13. The summed E-state index contributed by atoms with van der Waals surface area (Å²) in [5, 5.41) is 6.60. The third kappa shape index (κ3) is 4.51. The predicted molar refractivity (Wildman–Crippen MR) is 104 cm³/mol. The van der Waals surface area contributed by atoms with Gasteiger partial charge in [0.2, 0.25) is 5.89 Å². The third-order valence-corrected chi connectivity index (χ3v) is 4.16. The number of nitrogens with one attached hydrogen (secondary N) is 2. The van der Waals surface area contributed by atoms with Crippen LogP contribution in [0.5, 0.6) is 0 Å². The molecule has 1 atom stereocenters. The van der Waals surface area contributed by atoms with Crippen molar-refractivity contribution in [1.29, 1.82) is 0 Å². The highest BCUT2D eigenvalue weighted by molar-refractivity contribution is 5.93. The van der Waals surface area contributed by atoms with Crippen LogP contribution in [0.15, 0.2) is 39.8 Å². The third-order valence-electron chi connectivity index (χ3n) is 4.16.